The number of benzene rings is 1. The second-order valence-electron chi connectivity index (χ2n) is 6.11. The summed E-state index contributed by atoms with van der Waals surface area (Å²) in [4.78, 5) is 35.8. The zero-order valence-electron chi connectivity index (χ0n) is 13.1. The Hall–Kier alpha value is -2.05. The van der Waals surface area contributed by atoms with Gasteiger partial charge in [-0.05, 0) is 25.0 Å². The number of phenols is 1. The Bertz CT molecular complexity index is 712. The number of phenolic OH excluding ortho intramolecular Hbond substituents is 1. The number of hydrogen-bond acceptors (Lipinski definition) is 6. The average Bonchev–Trinajstić information content (AvgIpc) is 2.84. The Kier molecular flexibility index (Phi) is 3.82. The van der Waals surface area contributed by atoms with E-state index >= 15 is 0 Å². The van der Waals surface area contributed by atoms with Crippen molar-refractivity contribution in [3.63, 3.8) is 0 Å². The summed E-state index contributed by atoms with van der Waals surface area (Å²) in [6, 6.07) is 1.65. The zero-order valence-corrected chi connectivity index (χ0v) is 13.1. The topological polar surface area (TPSA) is 89.9 Å². The smallest absolute Gasteiger partial charge is 0.179 e. The van der Waals surface area contributed by atoms with E-state index in [-0.39, 0.29) is 47.1 Å². The summed E-state index contributed by atoms with van der Waals surface area (Å²) >= 11 is 0. The Morgan fingerprint density at radius 2 is 1.87 bits per heavy atom. The van der Waals surface area contributed by atoms with Gasteiger partial charge in [0.25, 0.3) is 0 Å². The van der Waals surface area contributed by atoms with Gasteiger partial charge in [0.15, 0.2) is 17.4 Å². The maximum atomic E-state index is 12.5. The molecule has 0 saturated carbocycles. The molecule has 6 nitrogen and oxygen atoms in total. The predicted octanol–water partition coefficient (Wildman–Crippen LogP) is 1.60. The van der Waals surface area contributed by atoms with E-state index in [1.165, 1.54) is 13.8 Å². The summed E-state index contributed by atoms with van der Waals surface area (Å²) < 4.78 is 11.2. The highest BCUT2D eigenvalue weighted by Gasteiger charge is 2.45. The Morgan fingerprint density at radius 1 is 1.22 bits per heavy atom. The standard InChI is InChI=1S/C17H18O6/c1-9(18)5-11-6-12-7-17(22-3-4-23-17)8-13(20)15(12)16(21)14(11)10(2)19/h6,21H,3-5,7-8H2,1-2H3. The van der Waals surface area contributed by atoms with Gasteiger partial charge in [0, 0.05) is 12.8 Å². The molecular weight excluding hydrogens is 300 g/mol. The Labute approximate surface area is 133 Å². The first kappa shape index (κ1) is 15.8. The molecular formula is C17H18O6. The van der Waals surface area contributed by atoms with Crippen molar-refractivity contribution in [2.75, 3.05) is 13.2 Å². The third-order valence-electron chi connectivity index (χ3n) is 4.24. The second kappa shape index (κ2) is 5.54. The van der Waals surface area contributed by atoms with Crippen LogP contribution in [0.15, 0.2) is 6.07 Å². The molecule has 1 fully saturated rings. The molecule has 1 aliphatic carbocycles. The summed E-state index contributed by atoms with van der Waals surface area (Å²) in [5.41, 5.74) is 1.19. The SMILES string of the molecule is CC(=O)Cc1cc2c(c(O)c1C(C)=O)C(=O)CC1(C2)OCCO1. The number of fused-ring (bicyclic) bond motifs is 1. The summed E-state index contributed by atoms with van der Waals surface area (Å²) in [5, 5.41) is 10.5. The fourth-order valence-electron chi connectivity index (χ4n) is 3.42. The van der Waals surface area contributed by atoms with Crippen LogP contribution in [-0.4, -0.2) is 41.5 Å². The van der Waals surface area contributed by atoms with Gasteiger partial charge in [-0.3, -0.25) is 14.4 Å². The molecule has 0 atom stereocenters. The molecule has 3 rings (SSSR count). The molecule has 1 spiro atoms. The fraction of sp³-hybridized carbons (Fsp3) is 0.471. The van der Waals surface area contributed by atoms with Gasteiger partial charge >= 0.3 is 0 Å². The maximum Gasteiger partial charge on any atom is 0.179 e. The number of carbonyl (C=O) groups excluding carboxylic acids is 3. The van der Waals surface area contributed by atoms with Gasteiger partial charge in [0.05, 0.1) is 30.8 Å². The second-order valence-corrected chi connectivity index (χ2v) is 6.11. The molecule has 0 aromatic heterocycles. The summed E-state index contributed by atoms with van der Waals surface area (Å²) in [6.07, 6.45) is 0.348. The van der Waals surface area contributed by atoms with Crippen LogP contribution >= 0.6 is 0 Å². The van der Waals surface area contributed by atoms with Crippen molar-refractivity contribution in [2.45, 2.75) is 38.9 Å². The minimum Gasteiger partial charge on any atom is -0.506 e. The summed E-state index contributed by atoms with van der Waals surface area (Å²) in [5.74, 6) is -2.13. The van der Waals surface area contributed by atoms with E-state index in [1.54, 1.807) is 6.07 Å². The average molecular weight is 318 g/mol. The number of rotatable bonds is 3. The van der Waals surface area contributed by atoms with E-state index in [0.717, 1.165) is 0 Å². The molecule has 0 radical (unpaired) electrons. The van der Waals surface area contributed by atoms with Gasteiger partial charge in [-0.1, -0.05) is 6.07 Å². The minimum atomic E-state index is -0.984. The van der Waals surface area contributed by atoms with Crippen LogP contribution in [0.4, 0.5) is 0 Å². The van der Waals surface area contributed by atoms with E-state index in [1.807, 2.05) is 0 Å². The van der Waals surface area contributed by atoms with Crippen LogP contribution in [-0.2, 0) is 27.1 Å². The monoisotopic (exact) mass is 318 g/mol. The number of aromatic hydroxyl groups is 1. The lowest BCUT2D eigenvalue weighted by atomic mass is 9.81. The molecule has 1 aliphatic heterocycles. The van der Waals surface area contributed by atoms with Crippen molar-refractivity contribution >= 4 is 17.3 Å². The van der Waals surface area contributed by atoms with E-state index in [9.17, 15) is 19.5 Å². The lowest BCUT2D eigenvalue weighted by molar-refractivity contribution is -0.154. The normalized spacial score (nSPS) is 19.0. The molecule has 23 heavy (non-hydrogen) atoms. The number of Topliss-reactive ketones (excluding diaryl/α,β-unsaturated/α-hetero) is 3. The third-order valence-corrected chi connectivity index (χ3v) is 4.24. The van der Waals surface area contributed by atoms with Crippen LogP contribution in [0.25, 0.3) is 0 Å². The Morgan fingerprint density at radius 3 is 2.43 bits per heavy atom. The van der Waals surface area contributed by atoms with Crippen LogP contribution in [0.3, 0.4) is 0 Å². The van der Waals surface area contributed by atoms with Gasteiger partial charge in [-0.15, -0.1) is 0 Å². The van der Waals surface area contributed by atoms with E-state index in [2.05, 4.69) is 0 Å². The number of ketones is 3. The molecule has 1 aromatic rings. The van der Waals surface area contributed by atoms with E-state index < -0.39 is 5.79 Å². The summed E-state index contributed by atoms with van der Waals surface area (Å²) in [6.45, 7) is 3.56. The minimum absolute atomic E-state index is 0.0109. The van der Waals surface area contributed by atoms with Crippen LogP contribution in [0, 0.1) is 0 Å². The molecule has 122 valence electrons. The van der Waals surface area contributed by atoms with Gasteiger partial charge < -0.3 is 14.6 Å². The van der Waals surface area contributed by atoms with Gasteiger partial charge in [-0.25, -0.2) is 0 Å². The van der Waals surface area contributed by atoms with Crippen molar-refractivity contribution in [3.8, 4) is 5.75 Å². The first-order valence-electron chi connectivity index (χ1n) is 7.52. The third kappa shape index (κ3) is 2.68. The lowest BCUT2D eigenvalue weighted by Gasteiger charge is -2.32. The number of ether oxygens (including phenoxy) is 2. The zero-order chi connectivity index (χ0) is 16.8. The molecule has 0 amide bonds. The van der Waals surface area contributed by atoms with Crippen molar-refractivity contribution in [1.82, 2.24) is 0 Å². The first-order chi connectivity index (χ1) is 10.8. The van der Waals surface area contributed by atoms with E-state index in [0.29, 0.717) is 30.8 Å². The number of carbonyl (C=O) groups is 3. The summed E-state index contributed by atoms with van der Waals surface area (Å²) in [7, 11) is 0. The van der Waals surface area contributed by atoms with E-state index in [4.69, 9.17) is 9.47 Å². The molecule has 1 heterocycles. The quantitative estimate of drug-likeness (QED) is 0.851. The van der Waals surface area contributed by atoms with Crippen molar-refractivity contribution < 1.29 is 29.0 Å². The highest BCUT2D eigenvalue weighted by molar-refractivity contribution is 6.08. The largest absolute Gasteiger partial charge is 0.506 e. The highest BCUT2D eigenvalue weighted by Crippen LogP contribution is 2.41. The van der Waals surface area contributed by atoms with Crippen LogP contribution < -0.4 is 0 Å². The van der Waals surface area contributed by atoms with Gasteiger partial charge in [-0.2, -0.15) is 0 Å². The molecule has 0 unspecified atom stereocenters. The van der Waals surface area contributed by atoms with Crippen molar-refractivity contribution in [1.29, 1.82) is 0 Å². The van der Waals surface area contributed by atoms with Crippen LogP contribution in [0.5, 0.6) is 5.75 Å². The van der Waals surface area contributed by atoms with Gasteiger partial charge in [0.1, 0.15) is 11.5 Å². The highest BCUT2D eigenvalue weighted by atomic mass is 16.7. The van der Waals surface area contributed by atoms with Crippen molar-refractivity contribution in [3.05, 3.63) is 28.3 Å². The van der Waals surface area contributed by atoms with Crippen molar-refractivity contribution in [2.24, 2.45) is 0 Å². The molecule has 2 aliphatic rings. The van der Waals surface area contributed by atoms with Gasteiger partial charge in [0.2, 0.25) is 0 Å². The van der Waals surface area contributed by atoms with Crippen LogP contribution in [0.1, 0.15) is 52.1 Å². The molecule has 6 heteroatoms. The molecule has 1 saturated heterocycles. The number of hydrogen-bond donors (Lipinski definition) is 1. The predicted molar refractivity (Wildman–Crippen MR) is 79.8 cm³/mol. The molecule has 1 N–H and O–H groups in total. The molecule has 0 bridgehead atoms. The maximum absolute atomic E-state index is 12.5. The fourth-order valence-corrected chi connectivity index (χ4v) is 3.42. The lowest BCUT2D eigenvalue weighted by Crippen LogP contribution is -2.40. The Balaban J connectivity index is 2.16. The molecule has 1 aromatic carbocycles. The van der Waals surface area contributed by atoms with Crippen LogP contribution in [0.2, 0.25) is 0 Å². The first-order valence-corrected chi connectivity index (χ1v) is 7.52.